The molecule has 2 atom stereocenters. The third kappa shape index (κ3) is 3.82. The van der Waals surface area contributed by atoms with Gasteiger partial charge < -0.3 is 15.5 Å². The minimum Gasteiger partial charge on any atom is -0.334 e. The molecule has 2 aromatic rings. The summed E-state index contributed by atoms with van der Waals surface area (Å²) in [6.07, 6.45) is 2.20. The Morgan fingerprint density at radius 1 is 1.22 bits per heavy atom. The predicted molar refractivity (Wildman–Crippen MR) is 94.5 cm³/mol. The van der Waals surface area contributed by atoms with E-state index in [1.165, 1.54) is 10.8 Å². The average Bonchev–Trinajstić information content (AvgIpc) is 2.54. The second-order valence-corrected chi connectivity index (χ2v) is 6.51. The third-order valence-electron chi connectivity index (χ3n) is 4.60. The molecule has 3 rings (SSSR count). The molecular formula is C19H25N3O. The number of carbonyl (C=O) groups is 1. The van der Waals surface area contributed by atoms with E-state index in [2.05, 4.69) is 46.8 Å². The first-order valence-electron chi connectivity index (χ1n) is 8.37. The first kappa shape index (κ1) is 15.8. The van der Waals surface area contributed by atoms with Crippen molar-refractivity contribution in [1.29, 1.82) is 0 Å². The first-order valence-corrected chi connectivity index (χ1v) is 8.37. The highest BCUT2D eigenvalue weighted by Gasteiger charge is 2.20. The summed E-state index contributed by atoms with van der Waals surface area (Å²) in [4.78, 5) is 14.6. The van der Waals surface area contributed by atoms with Crippen molar-refractivity contribution in [2.45, 2.75) is 31.8 Å². The van der Waals surface area contributed by atoms with Crippen LogP contribution in [0.1, 0.15) is 31.4 Å². The molecule has 0 radical (unpaired) electrons. The van der Waals surface area contributed by atoms with Gasteiger partial charge in [-0.1, -0.05) is 42.5 Å². The van der Waals surface area contributed by atoms with Gasteiger partial charge in [-0.05, 0) is 49.7 Å². The molecule has 0 bridgehead atoms. The molecule has 2 aromatic carbocycles. The Hall–Kier alpha value is -2.07. The molecule has 1 heterocycles. The maximum absolute atomic E-state index is 12.3. The van der Waals surface area contributed by atoms with Crippen molar-refractivity contribution in [1.82, 2.24) is 15.5 Å². The lowest BCUT2D eigenvalue weighted by atomic mass is 10.00. The van der Waals surface area contributed by atoms with E-state index in [-0.39, 0.29) is 18.1 Å². The maximum atomic E-state index is 12.3. The zero-order valence-electron chi connectivity index (χ0n) is 13.9. The fraction of sp³-hybridized carbons (Fsp3) is 0.421. The third-order valence-corrected chi connectivity index (χ3v) is 4.60. The Balaban J connectivity index is 1.66. The Morgan fingerprint density at radius 3 is 2.83 bits per heavy atom. The molecule has 1 fully saturated rings. The van der Waals surface area contributed by atoms with Gasteiger partial charge in [0, 0.05) is 12.6 Å². The predicted octanol–water partition coefficient (Wildman–Crippen LogP) is 3.29. The van der Waals surface area contributed by atoms with Gasteiger partial charge in [-0.2, -0.15) is 0 Å². The van der Waals surface area contributed by atoms with Crippen molar-refractivity contribution in [3.05, 3.63) is 48.0 Å². The summed E-state index contributed by atoms with van der Waals surface area (Å²) in [6.45, 7) is 4.08. The van der Waals surface area contributed by atoms with Gasteiger partial charge in [-0.25, -0.2) is 4.79 Å². The number of amides is 2. The van der Waals surface area contributed by atoms with Gasteiger partial charge in [0.05, 0.1) is 6.04 Å². The molecule has 2 amide bonds. The topological polar surface area (TPSA) is 44.4 Å². The van der Waals surface area contributed by atoms with Gasteiger partial charge in [0.1, 0.15) is 0 Å². The van der Waals surface area contributed by atoms with E-state index in [9.17, 15) is 4.79 Å². The Kier molecular flexibility index (Phi) is 4.82. The van der Waals surface area contributed by atoms with Gasteiger partial charge in [0.2, 0.25) is 0 Å². The quantitative estimate of drug-likeness (QED) is 0.913. The van der Waals surface area contributed by atoms with Gasteiger partial charge in [0.15, 0.2) is 0 Å². The summed E-state index contributed by atoms with van der Waals surface area (Å²) in [5, 5.41) is 8.58. The van der Waals surface area contributed by atoms with E-state index in [1.54, 1.807) is 0 Å². The Morgan fingerprint density at radius 2 is 2.00 bits per heavy atom. The number of fused-ring (bicyclic) bond motifs is 1. The zero-order valence-corrected chi connectivity index (χ0v) is 13.9. The van der Waals surface area contributed by atoms with Crippen molar-refractivity contribution >= 4 is 16.8 Å². The molecule has 2 unspecified atom stereocenters. The summed E-state index contributed by atoms with van der Waals surface area (Å²) in [7, 11) is 2.10. The molecule has 1 aliphatic rings. The zero-order chi connectivity index (χ0) is 16.2. The lowest BCUT2D eigenvalue weighted by Crippen LogP contribution is -2.49. The highest BCUT2D eigenvalue weighted by atomic mass is 16.2. The second-order valence-electron chi connectivity index (χ2n) is 6.51. The van der Waals surface area contributed by atoms with E-state index >= 15 is 0 Å². The fourth-order valence-electron chi connectivity index (χ4n) is 3.41. The smallest absolute Gasteiger partial charge is 0.315 e. The van der Waals surface area contributed by atoms with E-state index in [4.69, 9.17) is 0 Å². The van der Waals surface area contributed by atoms with Crippen LogP contribution < -0.4 is 10.6 Å². The molecule has 0 aromatic heterocycles. The van der Waals surface area contributed by atoms with Crippen molar-refractivity contribution in [2.24, 2.45) is 0 Å². The average molecular weight is 311 g/mol. The van der Waals surface area contributed by atoms with Crippen LogP contribution in [0.4, 0.5) is 4.79 Å². The molecule has 1 saturated heterocycles. The number of likely N-dealkylation sites (N-methyl/N-ethyl adjacent to an activating group) is 1. The highest BCUT2D eigenvalue weighted by Crippen LogP contribution is 2.24. The van der Waals surface area contributed by atoms with E-state index in [0.717, 1.165) is 31.5 Å². The fourth-order valence-corrected chi connectivity index (χ4v) is 3.41. The van der Waals surface area contributed by atoms with Crippen molar-refractivity contribution < 1.29 is 4.79 Å². The molecule has 1 aliphatic heterocycles. The highest BCUT2D eigenvalue weighted by molar-refractivity contribution is 5.86. The number of likely N-dealkylation sites (tertiary alicyclic amines) is 1. The lowest BCUT2D eigenvalue weighted by molar-refractivity contribution is 0.207. The summed E-state index contributed by atoms with van der Waals surface area (Å²) in [5.41, 5.74) is 1.15. The molecule has 122 valence electrons. The van der Waals surface area contributed by atoms with Crippen molar-refractivity contribution in [2.75, 3.05) is 20.1 Å². The van der Waals surface area contributed by atoms with Crippen LogP contribution in [0.5, 0.6) is 0 Å². The maximum Gasteiger partial charge on any atom is 0.315 e. The molecule has 0 aliphatic carbocycles. The minimum absolute atomic E-state index is 0.0255. The van der Waals surface area contributed by atoms with E-state index < -0.39 is 0 Å². The molecule has 0 saturated carbocycles. The standard InChI is InChI=1S/C19H25N3O/c1-14(17-11-5-8-15-7-3-4-10-18(15)17)20-19(23)21-16-9-6-12-22(2)13-16/h3-5,7-8,10-11,14,16H,6,9,12-13H2,1-2H3,(H2,20,21,23). The minimum atomic E-state index is -0.0780. The number of urea groups is 1. The summed E-state index contributed by atoms with van der Waals surface area (Å²) in [5.74, 6) is 0. The summed E-state index contributed by atoms with van der Waals surface area (Å²) >= 11 is 0. The first-order chi connectivity index (χ1) is 11.1. The number of hydrogen-bond donors (Lipinski definition) is 2. The van der Waals surface area contributed by atoms with Crippen LogP contribution in [0.3, 0.4) is 0 Å². The normalized spacial score (nSPS) is 20.2. The summed E-state index contributed by atoms with van der Waals surface area (Å²) in [6, 6.07) is 14.7. The van der Waals surface area contributed by atoms with E-state index in [1.807, 2.05) is 25.1 Å². The lowest BCUT2D eigenvalue weighted by Gasteiger charge is -2.30. The Labute approximate surface area is 137 Å². The van der Waals surface area contributed by atoms with Crippen LogP contribution in [0, 0.1) is 0 Å². The second kappa shape index (κ2) is 7.01. The molecule has 4 nitrogen and oxygen atoms in total. The number of nitrogens with zero attached hydrogens (tertiary/aromatic N) is 1. The number of piperidine rings is 1. The molecular weight excluding hydrogens is 286 g/mol. The summed E-state index contributed by atoms with van der Waals surface area (Å²) < 4.78 is 0. The Bertz CT molecular complexity index is 680. The van der Waals surface area contributed by atoms with Crippen LogP contribution in [-0.2, 0) is 0 Å². The van der Waals surface area contributed by atoms with Crippen LogP contribution in [0.2, 0.25) is 0 Å². The van der Waals surface area contributed by atoms with Crippen LogP contribution in [-0.4, -0.2) is 37.1 Å². The van der Waals surface area contributed by atoms with Crippen molar-refractivity contribution in [3.63, 3.8) is 0 Å². The number of nitrogens with one attached hydrogen (secondary N) is 2. The van der Waals surface area contributed by atoms with Crippen molar-refractivity contribution in [3.8, 4) is 0 Å². The molecule has 0 spiro atoms. The monoisotopic (exact) mass is 311 g/mol. The van der Waals surface area contributed by atoms with Gasteiger partial charge >= 0.3 is 6.03 Å². The largest absolute Gasteiger partial charge is 0.334 e. The van der Waals surface area contributed by atoms with Crippen LogP contribution >= 0.6 is 0 Å². The van der Waals surface area contributed by atoms with Crippen LogP contribution in [0.25, 0.3) is 10.8 Å². The van der Waals surface area contributed by atoms with Gasteiger partial charge in [-0.3, -0.25) is 0 Å². The van der Waals surface area contributed by atoms with E-state index in [0.29, 0.717) is 0 Å². The van der Waals surface area contributed by atoms with Gasteiger partial charge in [0.25, 0.3) is 0 Å². The van der Waals surface area contributed by atoms with Gasteiger partial charge in [-0.15, -0.1) is 0 Å². The number of carbonyl (C=O) groups excluding carboxylic acids is 1. The SMILES string of the molecule is CC(NC(=O)NC1CCCN(C)C1)c1cccc2ccccc12. The number of benzene rings is 2. The number of hydrogen-bond acceptors (Lipinski definition) is 2. The molecule has 2 N–H and O–H groups in total. The molecule has 4 heteroatoms. The van der Waals surface area contributed by atoms with Crippen LogP contribution in [0.15, 0.2) is 42.5 Å². The number of rotatable bonds is 3. The molecule has 23 heavy (non-hydrogen) atoms.